The van der Waals surface area contributed by atoms with Gasteiger partial charge in [-0.25, -0.2) is 0 Å². The van der Waals surface area contributed by atoms with E-state index >= 15 is 0 Å². The third-order valence-electron chi connectivity index (χ3n) is 1.20. The summed E-state index contributed by atoms with van der Waals surface area (Å²) < 4.78 is 28.9. The highest BCUT2D eigenvalue weighted by atomic mass is 32.2. The maximum atomic E-state index is 10.3. The van der Waals surface area contributed by atoms with E-state index in [9.17, 15) is 8.42 Å². The molecule has 0 bridgehead atoms. The molecule has 0 heterocycles. The number of hydrogen-bond donors (Lipinski definition) is 2. The van der Waals surface area contributed by atoms with Gasteiger partial charge in [0.15, 0.2) is 0 Å². The zero-order chi connectivity index (χ0) is 8.91. The molecule has 11 heavy (non-hydrogen) atoms. The van der Waals surface area contributed by atoms with Crippen LogP contribution in [-0.4, -0.2) is 30.4 Å². The van der Waals surface area contributed by atoms with Gasteiger partial charge in [0.1, 0.15) is 0 Å². The Morgan fingerprint density at radius 1 is 1.55 bits per heavy atom. The molecule has 0 spiro atoms. The number of allylic oxidation sites excluding steroid dienone is 1. The molecule has 0 fully saturated rings. The Kier molecular flexibility index (Phi) is 4.32. The van der Waals surface area contributed by atoms with Crippen LogP contribution in [0.1, 0.15) is 6.42 Å². The van der Waals surface area contributed by atoms with E-state index in [4.69, 9.17) is 9.66 Å². The lowest BCUT2D eigenvalue weighted by Gasteiger charge is -2.07. The molecule has 0 saturated heterocycles. The normalized spacial score (nSPS) is 14.4. The van der Waals surface area contributed by atoms with Crippen molar-refractivity contribution in [1.29, 1.82) is 0 Å². The molecule has 4 nitrogen and oxygen atoms in total. The molecule has 0 aliphatic rings. The summed E-state index contributed by atoms with van der Waals surface area (Å²) in [6, 6.07) is 0. The molecular weight excluding hydrogens is 168 g/mol. The van der Waals surface area contributed by atoms with Crippen LogP contribution >= 0.6 is 0 Å². The van der Waals surface area contributed by atoms with Crippen LogP contribution in [0.2, 0.25) is 0 Å². The van der Waals surface area contributed by atoms with Gasteiger partial charge in [0, 0.05) is 12.5 Å². The van der Waals surface area contributed by atoms with Crippen molar-refractivity contribution in [3.8, 4) is 0 Å². The molecule has 0 rings (SSSR count). The summed E-state index contributed by atoms with van der Waals surface area (Å²) in [5, 5.41) is 8.60. The minimum Gasteiger partial charge on any atom is -0.396 e. The van der Waals surface area contributed by atoms with Crippen LogP contribution in [0.15, 0.2) is 12.7 Å². The molecule has 0 amide bonds. The number of aliphatic hydroxyl groups is 1. The molecule has 2 N–H and O–H groups in total. The van der Waals surface area contributed by atoms with Gasteiger partial charge in [-0.15, -0.1) is 6.58 Å². The van der Waals surface area contributed by atoms with Crippen LogP contribution in [0.3, 0.4) is 0 Å². The molecule has 0 aromatic heterocycles. The number of rotatable bonds is 5. The Balaban J connectivity index is 3.98. The fourth-order valence-electron chi connectivity index (χ4n) is 0.729. The van der Waals surface area contributed by atoms with Crippen molar-refractivity contribution in [2.24, 2.45) is 5.92 Å². The molecule has 1 atom stereocenters. The summed E-state index contributed by atoms with van der Waals surface area (Å²) in [5.74, 6) is -0.849. The Morgan fingerprint density at radius 3 is 2.36 bits per heavy atom. The maximum Gasteiger partial charge on any atom is 0.265 e. The van der Waals surface area contributed by atoms with Crippen LogP contribution in [0.5, 0.6) is 0 Å². The van der Waals surface area contributed by atoms with Crippen LogP contribution < -0.4 is 0 Å². The fraction of sp³-hybridized carbons (Fsp3) is 0.667. The minimum atomic E-state index is -3.97. The van der Waals surface area contributed by atoms with Crippen molar-refractivity contribution in [3.63, 3.8) is 0 Å². The van der Waals surface area contributed by atoms with Crippen LogP contribution in [0.4, 0.5) is 0 Å². The van der Waals surface area contributed by atoms with Gasteiger partial charge in [0.25, 0.3) is 10.1 Å². The lowest BCUT2D eigenvalue weighted by molar-refractivity contribution is 0.238. The molecule has 0 aliphatic carbocycles. The standard InChI is InChI=1S/C6H12O4S/c1-2-3-6(4-7)5-11(8,9)10/h2,6-7H,1,3-5H2,(H,8,9,10). The summed E-state index contributed by atoms with van der Waals surface area (Å²) >= 11 is 0. The number of hydrogen-bond acceptors (Lipinski definition) is 3. The second kappa shape index (κ2) is 4.48. The van der Waals surface area contributed by atoms with Gasteiger partial charge in [0.2, 0.25) is 0 Å². The zero-order valence-corrected chi connectivity index (χ0v) is 6.92. The lowest BCUT2D eigenvalue weighted by Crippen LogP contribution is -2.17. The highest BCUT2D eigenvalue weighted by Gasteiger charge is 2.14. The van der Waals surface area contributed by atoms with E-state index in [1.807, 2.05) is 0 Å². The third kappa shape index (κ3) is 6.03. The zero-order valence-electron chi connectivity index (χ0n) is 6.10. The third-order valence-corrected chi connectivity index (χ3v) is 2.10. The highest BCUT2D eigenvalue weighted by molar-refractivity contribution is 7.85. The van der Waals surface area contributed by atoms with Gasteiger partial charge in [-0.3, -0.25) is 4.55 Å². The summed E-state index contributed by atoms with van der Waals surface area (Å²) in [6.45, 7) is 3.13. The average Bonchev–Trinajstić information content (AvgIpc) is 1.84. The first kappa shape index (κ1) is 10.6. The van der Waals surface area contributed by atoms with Crippen LogP contribution in [0, 0.1) is 5.92 Å². The molecule has 1 unspecified atom stereocenters. The van der Waals surface area contributed by atoms with E-state index in [2.05, 4.69) is 6.58 Å². The molecule has 5 heteroatoms. The van der Waals surface area contributed by atoms with E-state index in [0.29, 0.717) is 6.42 Å². The molecule has 0 saturated carbocycles. The van der Waals surface area contributed by atoms with Crippen LogP contribution in [-0.2, 0) is 10.1 Å². The Labute approximate surface area is 66.3 Å². The predicted molar refractivity (Wildman–Crippen MR) is 41.8 cm³/mol. The predicted octanol–water partition coefficient (Wildman–Crippen LogP) is 0.0588. The Morgan fingerprint density at radius 2 is 2.09 bits per heavy atom. The number of aliphatic hydroxyl groups excluding tert-OH is 1. The summed E-state index contributed by atoms with van der Waals surface area (Å²) in [4.78, 5) is 0. The van der Waals surface area contributed by atoms with E-state index in [1.165, 1.54) is 6.08 Å². The second-order valence-electron chi connectivity index (χ2n) is 2.32. The largest absolute Gasteiger partial charge is 0.396 e. The van der Waals surface area contributed by atoms with Crippen molar-refractivity contribution in [2.75, 3.05) is 12.4 Å². The Bertz CT molecular complexity index is 207. The maximum absolute atomic E-state index is 10.3. The van der Waals surface area contributed by atoms with Gasteiger partial charge in [-0.05, 0) is 6.42 Å². The SMILES string of the molecule is C=CCC(CO)CS(=O)(=O)O. The van der Waals surface area contributed by atoms with Gasteiger partial charge in [-0.1, -0.05) is 6.08 Å². The first-order chi connectivity index (χ1) is 4.99. The van der Waals surface area contributed by atoms with Crippen molar-refractivity contribution in [2.45, 2.75) is 6.42 Å². The summed E-state index contributed by atoms with van der Waals surface area (Å²) in [7, 11) is -3.97. The molecule has 0 radical (unpaired) electrons. The van der Waals surface area contributed by atoms with Gasteiger partial charge in [-0.2, -0.15) is 8.42 Å². The second-order valence-corrected chi connectivity index (χ2v) is 3.82. The molecule has 0 aliphatic heterocycles. The lowest BCUT2D eigenvalue weighted by atomic mass is 10.1. The van der Waals surface area contributed by atoms with E-state index in [1.54, 1.807) is 0 Å². The molecule has 0 aromatic rings. The fourth-order valence-corrected chi connectivity index (χ4v) is 1.57. The summed E-state index contributed by atoms with van der Waals surface area (Å²) in [5.41, 5.74) is 0. The van der Waals surface area contributed by atoms with E-state index in [0.717, 1.165) is 0 Å². The van der Waals surface area contributed by atoms with Gasteiger partial charge in [0.05, 0.1) is 5.75 Å². The quantitative estimate of drug-likeness (QED) is 0.463. The van der Waals surface area contributed by atoms with Crippen molar-refractivity contribution in [3.05, 3.63) is 12.7 Å². The van der Waals surface area contributed by atoms with E-state index in [-0.39, 0.29) is 6.61 Å². The molecular formula is C6H12O4S. The molecule has 0 aromatic carbocycles. The first-order valence-corrected chi connectivity index (χ1v) is 4.77. The smallest absolute Gasteiger partial charge is 0.265 e. The summed E-state index contributed by atoms with van der Waals surface area (Å²) in [6.07, 6.45) is 1.89. The molecule has 66 valence electrons. The first-order valence-electron chi connectivity index (χ1n) is 3.16. The Hall–Kier alpha value is -0.390. The highest BCUT2D eigenvalue weighted by Crippen LogP contribution is 2.05. The van der Waals surface area contributed by atoms with E-state index < -0.39 is 21.8 Å². The topological polar surface area (TPSA) is 74.6 Å². The van der Waals surface area contributed by atoms with Crippen molar-refractivity contribution in [1.82, 2.24) is 0 Å². The van der Waals surface area contributed by atoms with Gasteiger partial charge < -0.3 is 5.11 Å². The van der Waals surface area contributed by atoms with Crippen LogP contribution in [0.25, 0.3) is 0 Å². The average molecular weight is 180 g/mol. The van der Waals surface area contributed by atoms with Crippen molar-refractivity contribution < 1.29 is 18.1 Å². The monoisotopic (exact) mass is 180 g/mol. The van der Waals surface area contributed by atoms with Gasteiger partial charge >= 0.3 is 0 Å². The minimum absolute atomic E-state index is 0.258. The van der Waals surface area contributed by atoms with Crippen molar-refractivity contribution >= 4 is 10.1 Å².